The fourth-order valence-electron chi connectivity index (χ4n) is 2.50. The minimum Gasteiger partial charge on any atom is -0.493 e. The Balaban J connectivity index is 1.86. The first-order chi connectivity index (χ1) is 12.7. The lowest BCUT2D eigenvalue weighted by Gasteiger charge is -2.09. The quantitative estimate of drug-likeness (QED) is 0.509. The standard InChI is InChI=1S/C19H20N4O2S/c1-3-25-17-11-15(9-10-16(17)24-2)13-20-23-18(21-22-19(23)26)12-14-7-5-4-6-8-14/h4-11,13H,3,12H2,1-2H3,(H,22,26)/b20-13-. The molecule has 1 N–H and O–H groups in total. The second kappa shape index (κ2) is 8.44. The van der Waals surface area contributed by atoms with Crippen LogP contribution in [0.15, 0.2) is 53.6 Å². The Kier molecular flexibility index (Phi) is 5.80. The molecule has 2 aromatic carbocycles. The molecule has 0 amide bonds. The fourth-order valence-corrected chi connectivity index (χ4v) is 2.70. The molecule has 0 saturated heterocycles. The topological polar surface area (TPSA) is 64.4 Å². The van der Waals surface area contributed by atoms with Gasteiger partial charge in [-0.05, 0) is 48.5 Å². The van der Waals surface area contributed by atoms with Gasteiger partial charge in [-0.15, -0.1) is 0 Å². The molecule has 0 unspecified atom stereocenters. The summed E-state index contributed by atoms with van der Waals surface area (Å²) in [6.45, 7) is 2.49. The first kappa shape index (κ1) is 17.9. The molecule has 7 heteroatoms. The van der Waals surface area contributed by atoms with E-state index in [0.717, 1.165) is 17.0 Å². The van der Waals surface area contributed by atoms with Crippen molar-refractivity contribution in [3.05, 3.63) is 70.3 Å². The second-order valence-corrected chi connectivity index (χ2v) is 5.89. The largest absolute Gasteiger partial charge is 0.493 e. The average molecular weight is 368 g/mol. The highest BCUT2D eigenvalue weighted by atomic mass is 32.1. The van der Waals surface area contributed by atoms with E-state index in [0.29, 0.717) is 29.3 Å². The van der Waals surface area contributed by atoms with Gasteiger partial charge in [-0.3, -0.25) is 5.10 Å². The highest BCUT2D eigenvalue weighted by Gasteiger charge is 2.07. The number of hydrogen-bond acceptors (Lipinski definition) is 5. The monoisotopic (exact) mass is 368 g/mol. The molecule has 134 valence electrons. The third kappa shape index (κ3) is 4.18. The summed E-state index contributed by atoms with van der Waals surface area (Å²) in [6.07, 6.45) is 2.36. The number of aromatic amines is 1. The number of rotatable bonds is 7. The number of benzene rings is 2. The minimum atomic E-state index is 0.450. The van der Waals surface area contributed by atoms with Gasteiger partial charge in [0, 0.05) is 6.42 Å². The van der Waals surface area contributed by atoms with Gasteiger partial charge in [0.1, 0.15) is 0 Å². The van der Waals surface area contributed by atoms with Crippen LogP contribution in [-0.4, -0.2) is 34.8 Å². The van der Waals surface area contributed by atoms with Crippen LogP contribution in [0.4, 0.5) is 0 Å². The molecule has 0 aliphatic carbocycles. The molecule has 0 atom stereocenters. The van der Waals surface area contributed by atoms with Crippen LogP contribution in [0.5, 0.6) is 11.5 Å². The molecule has 0 aliphatic rings. The Morgan fingerprint density at radius 1 is 1.19 bits per heavy atom. The summed E-state index contributed by atoms with van der Waals surface area (Å²) < 4.78 is 13.0. The zero-order valence-corrected chi connectivity index (χ0v) is 15.5. The normalized spacial score (nSPS) is 11.0. The zero-order valence-electron chi connectivity index (χ0n) is 14.7. The molecule has 3 aromatic rings. The molecule has 26 heavy (non-hydrogen) atoms. The van der Waals surface area contributed by atoms with Gasteiger partial charge >= 0.3 is 0 Å². The summed E-state index contributed by atoms with van der Waals surface area (Å²) >= 11 is 5.30. The maximum atomic E-state index is 5.60. The highest BCUT2D eigenvalue weighted by Crippen LogP contribution is 2.27. The molecule has 6 nitrogen and oxygen atoms in total. The Morgan fingerprint density at radius 2 is 2.00 bits per heavy atom. The van der Waals surface area contributed by atoms with E-state index < -0.39 is 0 Å². The summed E-state index contributed by atoms with van der Waals surface area (Å²) in [6, 6.07) is 15.7. The van der Waals surface area contributed by atoms with E-state index in [1.807, 2.05) is 55.5 Å². The van der Waals surface area contributed by atoms with Crippen LogP contribution in [0.3, 0.4) is 0 Å². The van der Waals surface area contributed by atoms with Crippen LogP contribution in [0.2, 0.25) is 0 Å². The van der Waals surface area contributed by atoms with Gasteiger partial charge in [0.2, 0.25) is 4.77 Å². The minimum absolute atomic E-state index is 0.450. The molecule has 1 aromatic heterocycles. The van der Waals surface area contributed by atoms with E-state index in [9.17, 15) is 0 Å². The molecule has 0 bridgehead atoms. The predicted octanol–water partition coefficient (Wildman–Crippen LogP) is 3.82. The molecule has 0 saturated carbocycles. The number of H-pyrrole nitrogens is 1. The summed E-state index contributed by atoms with van der Waals surface area (Å²) in [4.78, 5) is 0. The average Bonchev–Trinajstić information content (AvgIpc) is 3.01. The third-order valence-electron chi connectivity index (χ3n) is 3.73. The molecular formula is C19H20N4O2S. The molecule has 3 rings (SSSR count). The van der Waals surface area contributed by atoms with Gasteiger partial charge in [-0.2, -0.15) is 14.9 Å². The highest BCUT2D eigenvalue weighted by molar-refractivity contribution is 7.71. The van der Waals surface area contributed by atoms with E-state index >= 15 is 0 Å². The fraction of sp³-hybridized carbons (Fsp3) is 0.211. The SMILES string of the molecule is CCOc1cc(/C=N\n2c(Cc3ccccc3)n[nH]c2=S)ccc1OC. The van der Waals surface area contributed by atoms with Crippen LogP contribution in [0.25, 0.3) is 0 Å². The van der Waals surface area contributed by atoms with Crippen molar-refractivity contribution in [1.29, 1.82) is 0 Å². The predicted molar refractivity (Wildman–Crippen MR) is 104 cm³/mol. The molecule has 0 radical (unpaired) electrons. The summed E-state index contributed by atoms with van der Waals surface area (Å²) in [5.41, 5.74) is 2.02. The van der Waals surface area contributed by atoms with E-state index in [4.69, 9.17) is 21.7 Å². The van der Waals surface area contributed by atoms with Crippen LogP contribution >= 0.6 is 12.2 Å². The van der Waals surface area contributed by atoms with Gasteiger partial charge in [0.25, 0.3) is 0 Å². The number of methoxy groups -OCH3 is 1. The van der Waals surface area contributed by atoms with Gasteiger partial charge in [-0.1, -0.05) is 30.3 Å². The van der Waals surface area contributed by atoms with E-state index in [1.54, 1.807) is 18.0 Å². The molecule has 1 heterocycles. The Bertz CT molecular complexity index is 948. The number of nitrogens with zero attached hydrogens (tertiary/aromatic N) is 3. The van der Waals surface area contributed by atoms with Gasteiger partial charge < -0.3 is 9.47 Å². The smallest absolute Gasteiger partial charge is 0.216 e. The number of nitrogens with one attached hydrogen (secondary N) is 1. The van der Waals surface area contributed by atoms with Crippen molar-refractivity contribution in [3.8, 4) is 11.5 Å². The molecule has 0 spiro atoms. The summed E-state index contributed by atoms with van der Waals surface area (Å²) in [5.74, 6) is 2.11. The van der Waals surface area contributed by atoms with Crippen molar-refractivity contribution in [1.82, 2.24) is 14.9 Å². The lowest BCUT2D eigenvalue weighted by atomic mass is 10.1. The zero-order chi connectivity index (χ0) is 18.4. The van der Waals surface area contributed by atoms with Gasteiger partial charge in [0.05, 0.1) is 19.9 Å². The second-order valence-electron chi connectivity index (χ2n) is 5.51. The summed E-state index contributed by atoms with van der Waals surface area (Å²) in [5, 5.41) is 11.6. The Hall–Kier alpha value is -2.93. The molecule has 0 fully saturated rings. The number of ether oxygens (including phenoxy) is 2. The van der Waals surface area contributed by atoms with E-state index in [-0.39, 0.29) is 0 Å². The van der Waals surface area contributed by atoms with Crippen LogP contribution in [-0.2, 0) is 6.42 Å². The Labute approximate surface area is 157 Å². The van der Waals surface area contributed by atoms with Crippen molar-refractivity contribution >= 4 is 18.4 Å². The van der Waals surface area contributed by atoms with E-state index in [2.05, 4.69) is 15.3 Å². The number of hydrogen-bond donors (Lipinski definition) is 1. The van der Waals surface area contributed by atoms with Crippen molar-refractivity contribution in [2.45, 2.75) is 13.3 Å². The lowest BCUT2D eigenvalue weighted by Crippen LogP contribution is -2.01. The summed E-state index contributed by atoms with van der Waals surface area (Å²) in [7, 11) is 1.62. The molecule has 0 aliphatic heterocycles. The lowest BCUT2D eigenvalue weighted by molar-refractivity contribution is 0.311. The first-order valence-corrected chi connectivity index (χ1v) is 8.67. The van der Waals surface area contributed by atoms with Gasteiger partial charge in [0.15, 0.2) is 17.3 Å². The van der Waals surface area contributed by atoms with Crippen molar-refractivity contribution in [2.75, 3.05) is 13.7 Å². The van der Waals surface area contributed by atoms with Gasteiger partial charge in [-0.25, -0.2) is 0 Å². The van der Waals surface area contributed by atoms with Crippen LogP contribution < -0.4 is 9.47 Å². The third-order valence-corrected chi connectivity index (χ3v) is 4.00. The van der Waals surface area contributed by atoms with Crippen molar-refractivity contribution in [3.63, 3.8) is 0 Å². The van der Waals surface area contributed by atoms with Crippen LogP contribution in [0.1, 0.15) is 23.9 Å². The van der Waals surface area contributed by atoms with Crippen molar-refractivity contribution in [2.24, 2.45) is 5.10 Å². The Morgan fingerprint density at radius 3 is 2.73 bits per heavy atom. The first-order valence-electron chi connectivity index (χ1n) is 8.26. The molecular weight excluding hydrogens is 348 g/mol. The number of aromatic nitrogens is 3. The maximum Gasteiger partial charge on any atom is 0.216 e. The van der Waals surface area contributed by atoms with E-state index in [1.165, 1.54) is 0 Å². The van der Waals surface area contributed by atoms with Crippen molar-refractivity contribution < 1.29 is 9.47 Å². The van der Waals surface area contributed by atoms with Crippen LogP contribution in [0, 0.1) is 4.77 Å². The maximum absolute atomic E-state index is 5.60.